The molecule has 0 atom stereocenters. The molecule has 0 aliphatic rings. The van der Waals surface area contributed by atoms with Gasteiger partial charge in [0.15, 0.2) is 5.78 Å². The maximum atomic E-state index is 13.6. The quantitative estimate of drug-likeness (QED) is 0.0968. The van der Waals surface area contributed by atoms with Crippen molar-refractivity contribution in [3.8, 4) is 22.8 Å². The lowest BCUT2D eigenvalue weighted by Crippen LogP contribution is -2.10. The first kappa shape index (κ1) is 24.1. The molecule has 0 fully saturated rings. The number of rotatable bonds is 7. The predicted molar refractivity (Wildman–Crippen MR) is 144 cm³/mol. The molecule has 0 radical (unpaired) electrons. The van der Waals surface area contributed by atoms with Gasteiger partial charge in [0.2, 0.25) is 0 Å². The maximum absolute atomic E-state index is 13.6. The molecule has 0 N–H and O–H groups in total. The van der Waals surface area contributed by atoms with E-state index >= 15 is 0 Å². The Hall–Kier alpha value is -4.61. The van der Waals surface area contributed by atoms with E-state index in [0.29, 0.717) is 44.4 Å². The fraction of sp³-hybridized carbons (Fsp3) is 0.0323. The van der Waals surface area contributed by atoms with Crippen LogP contribution in [0.4, 0.5) is 0 Å². The van der Waals surface area contributed by atoms with Crippen LogP contribution in [-0.4, -0.2) is 18.9 Å². The average Bonchev–Trinajstić information content (AvgIpc) is 3.32. The van der Waals surface area contributed by atoms with Crippen LogP contribution in [0, 0.1) is 0 Å². The Labute approximate surface area is 218 Å². The Morgan fingerprint density at radius 1 is 0.865 bits per heavy atom. The molecular weight excluding hydrogens is 488 g/mol. The number of hydrogen-bond donors (Lipinski definition) is 0. The Kier molecular flexibility index (Phi) is 6.88. The Balaban J connectivity index is 1.50. The Morgan fingerprint density at radius 2 is 1.59 bits per heavy atom. The van der Waals surface area contributed by atoms with Crippen LogP contribution in [0.1, 0.15) is 26.3 Å². The summed E-state index contributed by atoms with van der Waals surface area (Å²) in [6.45, 7) is 0. The van der Waals surface area contributed by atoms with E-state index in [1.165, 1.54) is 6.08 Å². The van der Waals surface area contributed by atoms with E-state index < -0.39 is 5.97 Å². The van der Waals surface area contributed by atoms with Crippen LogP contribution in [0.15, 0.2) is 108 Å². The van der Waals surface area contributed by atoms with Crippen LogP contribution in [-0.2, 0) is 0 Å². The van der Waals surface area contributed by atoms with Gasteiger partial charge >= 0.3 is 5.97 Å². The van der Waals surface area contributed by atoms with E-state index in [1.54, 1.807) is 79.9 Å². The molecule has 0 spiro atoms. The number of benzene rings is 4. The summed E-state index contributed by atoms with van der Waals surface area (Å²) in [4.78, 5) is 26.2. The zero-order valence-electron chi connectivity index (χ0n) is 19.8. The Bertz CT molecular complexity index is 1620. The van der Waals surface area contributed by atoms with Gasteiger partial charge in [-0.2, -0.15) is 0 Å². The van der Waals surface area contributed by atoms with Crippen molar-refractivity contribution in [1.82, 2.24) is 0 Å². The highest BCUT2D eigenvalue weighted by atomic mass is 35.5. The molecule has 5 nitrogen and oxygen atoms in total. The van der Waals surface area contributed by atoms with E-state index in [0.717, 1.165) is 5.56 Å². The molecule has 1 heterocycles. The number of carbonyl (C=O) groups excluding carboxylic acids is 2. The number of esters is 1. The first-order valence-corrected chi connectivity index (χ1v) is 11.9. The third-order valence-electron chi connectivity index (χ3n) is 5.80. The number of ether oxygens (including phenoxy) is 2. The van der Waals surface area contributed by atoms with Crippen LogP contribution in [0.2, 0.25) is 5.02 Å². The van der Waals surface area contributed by atoms with Crippen molar-refractivity contribution in [3.63, 3.8) is 0 Å². The lowest BCUT2D eigenvalue weighted by Gasteiger charge is -2.08. The molecule has 5 aromatic rings. The van der Waals surface area contributed by atoms with Crippen LogP contribution in [0.25, 0.3) is 28.4 Å². The first-order chi connectivity index (χ1) is 18.0. The molecular formula is C31H21ClO5. The highest BCUT2D eigenvalue weighted by Gasteiger charge is 2.25. The molecule has 0 saturated heterocycles. The van der Waals surface area contributed by atoms with Crippen LogP contribution in [0.5, 0.6) is 11.5 Å². The van der Waals surface area contributed by atoms with Gasteiger partial charge in [0.25, 0.3) is 0 Å². The normalized spacial score (nSPS) is 11.1. The predicted octanol–water partition coefficient (Wildman–Crippen LogP) is 7.88. The summed E-state index contributed by atoms with van der Waals surface area (Å²) in [6, 6.07) is 28.3. The van der Waals surface area contributed by atoms with Crippen molar-refractivity contribution in [1.29, 1.82) is 0 Å². The number of ketones is 1. The second-order valence-corrected chi connectivity index (χ2v) is 8.60. The second kappa shape index (κ2) is 10.6. The summed E-state index contributed by atoms with van der Waals surface area (Å²) in [5.74, 6) is 0.516. The molecule has 0 unspecified atom stereocenters. The number of methoxy groups -OCH3 is 1. The fourth-order valence-corrected chi connectivity index (χ4v) is 4.06. The number of halogens is 1. The van der Waals surface area contributed by atoms with Gasteiger partial charge in [0.1, 0.15) is 28.4 Å². The van der Waals surface area contributed by atoms with Gasteiger partial charge in [-0.1, -0.05) is 60.1 Å². The molecule has 37 heavy (non-hydrogen) atoms. The first-order valence-electron chi connectivity index (χ1n) is 11.5. The van der Waals surface area contributed by atoms with Gasteiger partial charge in [-0.25, -0.2) is 4.79 Å². The number of allylic oxidation sites excluding steroid dienone is 1. The highest BCUT2D eigenvalue weighted by Crippen LogP contribution is 2.36. The number of hydrogen-bond acceptors (Lipinski definition) is 5. The van der Waals surface area contributed by atoms with Gasteiger partial charge < -0.3 is 13.9 Å². The van der Waals surface area contributed by atoms with Crippen molar-refractivity contribution >= 4 is 40.4 Å². The van der Waals surface area contributed by atoms with Gasteiger partial charge in [-0.3, -0.25) is 4.79 Å². The summed E-state index contributed by atoms with van der Waals surface area (Å²) < 4.78 is 17.3. The third kappa shape index (κ3) is 5.17. The SMILES string of the molecule is COc1ccc2oc(-c3ccccc3)c(C(=O)Oc3ccccc3/C=C/C(=O)c3ccc(Cl)cc3)c2c1. The molecule has 0 amide bonds. The summed E-state index contributed by atoms with van der Waals surface area (Å²) in [6.07, 6.45) is 3.05. The number of furan rings is 1. The minimum atomic E-state index is -0.587. The molecule has 4 aromatic carbocycles. The van der Waals surface area contributed by atoms with Gasteiger partial charge in [0.05, 0.1) is 7.11 Å². The summed E-state index contributed by atoms with van der Waals surface area (Å²) >= 11 is 5.91. The standard InChI is InChI=1S/C31H21ClO5/c1-35-24-16-18-28-25(19-24)29(30(36-28)22-8-3-2-4-9-22)31(34)37-27-10-6-5-7-21(27)13-17-26(33)20-11-14-23(32)15-12-20/h2-19H,1H3/b17-13+. The van der Waals surface area contributed by atoms with Crippen molar-refractivity contribution in [2.24, 2.45) is 0 Å². The zero-order valence-corrected chi connectivity index (χ0v) is 20.6. The monoisotopic (exact) mass is 508 g/mol. The van der Waals surface area contributed by atoms with Gasteiger partial charge in [0, 0.05) is 27.1 Å². The third-order valence-corrected chi connectivity index (χ3v) is 6.05. The molecule has 6 heteroatoms. The summed E-state index contributed by atoms with van der Waals surface area (Å²) in [7, 11) is 1.56. The molecule has 1 aromatic heterocycles. The van der Waals surface area contributed by atoms with E-state index in [1.807, 2.05) is 30.3 Å². The molecule has 0 aliphatic carbocycles. The van der Waals surface area contributed by atoms with E-state index in [2.05, 4.69) is 0 Å². The van der Waals surface area contributed by atoms with E-state index in [-0.39, 0.29) is 11.3 Å². The lowest BCUT2D eigenvalue weighted by molar-refractivity contribution is 0.0736. The van der Waals surface area contributed by atoms with E-state index in [9.17, 15) is 9.59 Å². The van der Waals surface area contributed by atoms with Crippen LogP contribution in [0.3, 0.4) is 0 Å². The molecule has 5 rings (SSSR count). The largest absolute Gasteiger partial charge is 0.497 e. The van der Waals surface area contributed by atoms with Crippen LogP contribution < -0.4 is 9.47 Å². The van der Waals surface area contributed by atoms with Crippen molar-refractivity contribution < 1.29 is 23.5 Å². The fourth-order valence-electron chi connectivity index (χ4n) is 3.94. The summed E-state index contributed by atoms with van der Waals surface area (Å²) in [5, 5.41) is 1.13. The molecule has 182 valence electrons. The minimum absolute atomic E-state index is 0.197. The second-order valence-electron chi connectivity index (χ2n) is 8.17. The number of fused-ring (bicyclic) bond motifs is 1. The molecule has 0 bridgehead atoms. The number of carbonyl (C=O) groups is 2. The zero-order chi connectivity index (χ0) is 25.8. The number of para-hydroxylation sites is 1. The minimum Gasteiger partial charge on any atom is -0.497 e. The highest BCUT2D eigenvalue weighted by molar-refractivity contribution is 6.30. The average molecular weight is 509 g/mol. The van der Waals surface area contributed by atoms with Crippen molar-refractivity contribution in [3.05, 3.63) is 125 Å². The van der Waals surface area contributed by atoms with Gasteiger partial charge in [-0.05, 0) is 60.7 Å². The van der Waals surface area contributed by atoms with Gasteiger partial charge in [-0.15, -0.1) is 0 Å². The lowest BCUT2D eigenvalue weighted by atomic mass is 10.1. The Morgan fingerprint density at radius 3 is 2.35 bits per heavy atom. The van der Waals surface area contributed by atoms with Crippen molar-refractivity contribution in [2.75, 3.05) is 7.11 Å². The van der Waals surface area contributed by atoms with E-state index in [4.69, 9.17) is 25.5 Å². The van der Waals surface area contributed by atoms with Crippen LogP contribution >= 0.6 is 11.6 Å². The maximum Gasteiger partial charge on any atom is 0.348 e. The topological polar surface area (TPSA) is 65.7 Å². The van der Waals surface area contributed by atoms with Crippen molar-refractivity contribution in [2.45, 2.75) is 0 Å². The summed E-state index contributed by atoms with van der Waals surface area (Å²) in [5.41, 5.74) is 2.64. The molecule has 0 aliphatic heterocycles. The smallest absolute Gasteiger partial charge is 0.348 e. The molecule has 0 saturated carbocycles.